The first-order chi connectivity index (χ1) is 8.45. The Morgan fingerprint density at radius 1 is 1.06 bits per heavy atom. The highest BCUT2D eigenvalue weighted by atomic mass is 16.5. The third kappa shape index (κ3) is 4.05. The molecule has 7 nitrogen and oxygen atoms in total. The highest BCUT2D eigenvalue weighted by Crippen LogP contribution is 2.30. The van der Waals surface area contributed by atoms with E-state index in [0.717, 1.165) is 14.2 Å². The second-order valence-electron chi connectivity index (χ2n) is 3.51. The minimum absolute atomic E-state index is 0.169. The first-order valence-electron chi connectivity index (χ1n) is 5.09. The standard InChI is InChI=1S/C11H15NO6/c1-16-8(13)4-5-11(7-12,10(15)18-3)6-9(14)17-2/h4-6H2,1-3H3/t11-/m0/s1. The van der Waals surface area contributed by atoms with Crippen LogP contribution in [0.5, 0.6) is 0 Å². The Hall–Kier alpha value is -2.10. The summed E-state index contributed by atoms with van der Waals surface area (Å²) >= 11 is 0. The van der Waals surface area contributed by atoms with Crippen LogP contribution in [0.2, 0.25) is 0 Å². The number of methoxy groups -OCH3 is 3. The highest BCUT2D eigenvalue weighted by molar-refractivity contribution is 5.86. The summed E-state index contributed by atoms with van der Waals surface area (Å²) in [6, 6.07) is 1.73. The van der Waals surface area contributed by atoms with Crippen LogP contribution in [-0.4, -0.2) is 39.2 Å². The van der Waals surface area contributed by atoms with Gasteiger partial charge < -0.3 is 14.2 Å². The molecule has 0 heterocycles. The molecule has 0 bridgehead atoms. The van der Waals surface area contributed by atoms with Gasteiger partial charge in [0.25, 0.3) is 0 Å². The maximum absolute atomic E-state index is 11.6. The van der Waals surface area contributed by atoms with Crippen LogP contribution in [0.1, 0.15) is 19.3 Å². The molecule has 0 unspecified atom stereocenters. The van der Waals surface area contributed by atoms with Crippen molar-refractivity contribution in [1.29, 1.82) is 5.26 Å². The van der Waals surface area contributed by atoms with E-state index in [2.05, 4.69) is 14.2 Å². The lowest BCUT2D eigenvalue weighted by Gasteiger charge is -2.21. The van der Waals surface area contributed by atoms with Gasteiger partial charge in [-0.25, -0.2) is 0 Å². The lowest BCUT2D eigenvalue weighted by Crippen LogP contribution is -2.34. The Morgan fingerprint density at radius 2 is 1.61 bits per heavy atom. The van der Waals surface area contributed by atoms with E-state index < -0.39 is 29.7 Å². The zero-order chi connectivity index (χ0) is 14.2. The summed E-state index contributed by atoms with van der Waals surface area (Å²) in [6.45, 7) is 0. The van der Waals surface area contributed by atoms with Crippen molar-refractivity contribution in [2.24, 2.45) is 5.41 Å². The minimum Gasteiger partial charge on any atom is -0.469 e. The van der Waals surface area contributed by atoms with Crippen molar-refractivity contribution in [3.63, 3.8) is 0 Å². The topological polar surface area (TPSA) is 103 Å². The number of carbonyl (C=O) groups is 3. The third-order valence-electron chi connectivity index (χ3n) is 2.45. The average molecular weight is 257 g/mol. The lowest BCUT2D eigenvalue weighted by atomic mass is 9.81. The van der Waals surface area contributed by atoms with Gasteiger partial charge in [-0.05, 0) is 6.42 Å². The van der Waals surface area contributed by atoms with Crippen LogP contribution in [0.4, 0.5) is 0 Å². The SMILES string of the molecule is COC(=O)CC[C@@](C#N)(CC(=O)OC)C(=O)OC. The van der Waals surface area contributed by atoms with E-state index in [1.54, 1.807) is 6.07 Å². The van der Waals surface area contributed by atoms with Crippen molar-refractivity contribution in [1.82, 2.24) is 0 Å². The van der Waals surface area contributed by atoms with Crippen molar-refractivity contribution >= 4 is 17.9 Å². The van der Waals surface area contributed by atoms with Crippen molar-refractivity contribution in [2.45, 2.75) is 19.3 Å². The van der Waals surface area contributed by atoms with E-state index in [4.69, 9.17) is 5.26 Å². The van der Waals surface area contributed by atoms with Crippen LogP contribution in [0.3, 0.4) is 0 Å². The van der Waals surface area contributed by atoms with Crippen molar-refractivity contribution < 1.29 is 28.6 Å². The Kier molecular flexibility index (Phi) is 6.42. The van der Waals surface area contributed by atoms with Crippen LogP contribution in [0, 0.1) is 16.7 Å². The van der Waals surface area contributed by atoms with Gasteiger partial charge in [0.15, 0.2) is 5.41 Å². The quantitative estimate of drug-likeness (QED) is 0.494. The molecule has 0 aromatic rings. The first-order valence-corrected chi connectivity index (χ1v) is 5.09. The molecule has 0 aromatic heterocycles. The largest absolute Gasteiger partial charge is 0.469 e. The predicted octanol–water partition coefficient (Wildman–Crippen LogP) is 0.186. The Labute approximate surface area is 105 Å². The molecule has 0 aromatic carbocycles. The summed E-state index contributed by atoms with van der Waals surface area (Å²) in [6.07, 6.45) is -0.808. The normalized spacial score (nSPS) is 12.8. The monoisotopic (exact) mass is 257 g/mol. The van der Waals surface area contributed by atoms with E-state index in [0.29, 0.717) is 0 Å². The zero-order valence-electron chi connectivity index (χ0n) is 10.5. The molecule has 0 radical (unpaired) electrons. The molecule has 0 saturated heterocycles. The van der Waals surface area contributed by atoms with Gasteiger partial charge in [0.05, 0.1) is 33.8 Å². The molecule has 0 aliphatic heterocycles. The minimum atomic E-state index is -1.73. The Balaban J connectivity index is 5.00. The Bertz CT molecular complexity index is 372. The molecule has 18 heavy (non-hydrogen) atoms. The number of nitriles is 1. The number of carbonyl (C=O) groups excluding carboxylic acids is 3. The number of esters is 3. The molecule has 100 valence electrons. The van der Waals surface area contributed by atoms with Crippen molar-refractivity contribution in [2.75, 3.05) is 21.3 Å². The van der Waals surface area contributed by atoms with Crippen LogP contribution in [-0.2, 0) is 28.6 Å². The van der Waals surface area contributed by atoms with Gasteiger partial charge in [-0.15, -0.1) is 0 Å². The van der Waals surface area contributed by atoms with Crippen LogP contribution in [0.25, 0.3) is 0 Å². The van der Waals surface area contributed by atoms with Gasteiger partial charge in [-0.2, -0.15) is 5.26 Å². The maximum Gasteiger partial charge on any atom is 0.326 e. The smallest absolute Gasteiger partial charge is 0.326 e. The van der Waals surface area contributed by atoms with Gasteiger partial charge in [0, 0.05) is 6.42 Å². The van der Waals surface area contributed by atoms with E-state index in [-0.39, 0.29) is 12.8 Å². The highest BCUT2D eigenvalue weighted by Gasteiger charge is 2.43. The van der Waals surface area contributed by atoms with Crippen LogP contribution in [0.15, 0.2) is 0 Å². The number of hydrogen-bond donors (Lipinski definition) is 0. The molecule has 0 aliphatic carbocycles. The Morgan fingerprint density at radius 3 is 2.00 bits per heavy atom. The summed E-state index contributed by atoms with van der Waals surface area (Å²) in [4.78, 5) is 33.9. The van der Waals surface area contributed by atoms with Crippen LogP contribution >= 0.6 is 0 Å². The third-order valence-corrected chi connectivity index (χ3v) is 2.45. The summed E-state index contributed by atoms with van der Waals surface area (Å²) in [5.41, 5.74) is -1.73. The van der Waals surface area contributed by atoms with Gasteiger partial charge in [-0.3, -0.25) is 14.4 Å². The molecule has 0 fully saturated rings. The van der Waals surface area contributed by atoms with Gasteiger partial charge in [-0.1, -0.05) is 0 Å². The summed E-state index contributed by atoms with van der Waals surface area (Å²) < 4.78 is 13.3. The van der Waals surface area contributed by atoms with Gasteiger partial charge >= 0.3 is 17.9 Å². The molecule has 7 heteroatoms. The second kappa shape index (κ2) is 7.27. The van der Waals surface area contributed by atoms with E-state index in [1.807, 2.05) is 0 Å². The maximum atomic E-state index is 11.6. The molecule has 0 amide bonds. The predicted molar refractivity (Wildman–Crippen MR) is 57.9 cm³/mol. The molecular weight excluding hydrogens is 242 g/mol. The van der Waals surface area contributed by atoms with E-state index >= 15 is 0 Å². The fraction of sp³-hybridized carbons (Fsp3) is 0.636. The number of hydrogen-bond acceptors (Lipinski definition) is 7. The number of nitrogens with zero attached hydrogens (tertiary/aromatic N) is 1. The molecule has 0 N–H and O–H groups in total. The van der Waals surface area contributed by atoms with Crippen LogP contribution < -0.4 is 0 Å². The van der Waals surface area contributed by atoms with Crippen molar-refractivity contribution in [3.8, 4) is 6.07 Å². The summed E-state index contributed by atoms with van der Waals surface area (Å²) in [5, 5.41) is 9.10. The fourth-order valence-electron chi connectivity index (χ4n) is 1.34. The molecule has 1 atom stereocenters. The molecule has 0 spiro atoms. The lowest BCUT2D eigenvalue weighted by molar-refractivity contribution is -0.157. The molecule has 0 aliphatic rings. The fourth-order valence-corrected chi connectivity index (χ4v) is 1.34. The van der Waals surface area contributed by atoms with E-state index in [9.17, 15) is 14.4 Å². The van der Waals surface area contributed by atoms with Gasteiger partial charge in [0.1, 0.15) is 0 Å². The summed E-state index contributed by atoms with van der Waals surface area (Å²) in [7, 11) is 3.43. The molecular formula is C11H15NO6. The van der Waals surface area contributed by atoms with Crippen molar-refractivity contribution in [3.05, 3.63) is 0 Å². The zero-order valence-corrected chi connectivity index (χ0v) is 10.5. The molecule has 0 saturated carbocycles. The summed E-state index contributed by atoms with van der Waals surface area (Å²) in [5.74, 6) is -2.19. The number of ether oxygens (including phenoxy) is 3. The number of rotatable bonds is 6. The first kappa shape index (κ1) is 15.9. The van der Waals surface area contributed by atoms with E-state index in [1.165, 1.54) is 7.11 Å². The average Bonchev–Trinajstić information content (AvgIpc) is 2.41. The second-order valence-corrected chi connectivity index (χ2v) is 3.51. The van der Waals surface area contributed by atoms with Gasteiger partial charge in [0.2, 0.25) is 0 Å². The molecule has 0 rings (SSSR count).